The monoisotopic (exact) mass is 320 g/mol. The van der Waals surface area contributed by atoms with Crippen molar-refractivity contribution in [2.24, 2.45) is 4.99 Å². The van der Waals surface area contributed by atoms with Crippen molar-refractivity contribution in [1.29, 1.82) is 0 Å². The van der Waals surface area contributed by atoms with Gasteiger partial charge >= 0.3 is 0 Å². The number of hydrogen-bond acceptors (Lipinski definition) is 3. The van der Waals surface area contributed by atoms with Crippen LogP contribution in [0.2, 0.25) is 0 Å². The quantitative estimate of drug-likeness (QED) is 0.847. The number of anilines is 1. The molecule has 0 aliphatic carbocycles. The summed E-state index contributed by atoms with van der Waals surface area (Å²) in [5.41, 5.74) is 3.65. The molecule has 1 aliphatic heterocycles. The van der Waals surface area contributed by atoms with Crippen LogP contribution in [-0.4, -0.2) is 25.0 Å². The number of rotatable bonds is 5. The van der Waals surface area contributed by atoms with Gasteiger partial charge in [0.2, 0.25) is 11.8 Å². The summed E-state index contributed by atoms with van der Waals surface area (Å²) in [6.45, 7) is 3.05. The molecule has 2 aromatic rings. The van der Waals surface area contributed by atoms with Gasteiger partial charge in [-0.1, -0.05) is 61.5 Å². The molecule has 122 valence electrons. The third-order valence-electron chi connectivity index (χ3n) is 3.75. The number of carbonyl (C=O) groups is 1. The summed E-state index contributed by atoms with van der Waals surface area (Å²) in [5.74, 6) is 0.564. The minimum Gasteiger partial charge on any atom is -0.475 e. The Morgan fingerprint density at radius 1 is 1.17 bits per heavy atom. The molecule has 0 bridgehead atoms. The zero-order chi connectivity index (χ0) is 16.8. The fourth-order valence-electron chi connectivity index (χ4n) is 2.53. The Labute approximate surface area is 141 Å². The average molecular weight is 320 g/mol. The Bertz CT molecular complexity index is 779. The fraction of sp³-hybridized carbons (Fsp3) is 0.200. The molecule has 4 heteroatoms. The molecule has 0 unspecified atom stereocenters. The summed E-state index contributed by atoms with van der Waals surface area (Å²) in [6, 6.07) is 15.9. The van der Waals surface area contributed by atoms with Gasteiger partial charge in [0, 0.05) is 6.42 Å². The number of carbonyl (C=O) groups excluding carboxylic acids is 1. The highest BCUT2D eigenvalue weighted by Gasteiger charge is 2.18. The van der Waals surface area contributed by atoms with Crippen LogP contribution in [0.5, 0.6) is 0 Å². The molecule has 4 nitrogen and oxygen atoms in total. The predicted octanol–water partition coefficient (Wildman–Crippen LogP) is 3.98. The van der Waals surface area contributed by atoms with Crippen LogP contribution in [0.3, 0.4) is 0 Å². The van der Waals surface area contributed by atoms with Crippen molar-refractivity contribution in [1.82, 2.24) is 0 Å². The molecule has 0 saturated heterocycles. The number of nitrogens with one attached hydrogen (secondary N) is 1. The lowest BCUT2D eigenvalue weighted by Crippen LogP contribution is -2.15. The van der Waals surface area contributed by atoms with Crippen molar-refractivity contribution < 1.29 is 9.53 Å². The van der Waals surface area contributed by atoms with Crippen LogP contribution in [0, 0.1) is 0 Å². The maximum atomic E-state index is 11.8. The SMILES string of the molecule is CCC(=O)Nc1cccc(/C=C/c2ccccc2)c1C1=NCCO1. The molecule has 0 radical (unpaired) electrons. The number of amides is 1. The first kappa shape index (κ1) is 16.0. The number of aliphatic imine (C=N–C) groups is 1. The normalized spacial score (nSPS) is 13.6. The zero-order valence-electron chi connectivity index (χ0n) is 13.7. The first-order valence-electron chi connectivity index (χ1n) is 8.11. The summed E-state index contributed by atoms with van der Waals surface area (Å²) >= 11 is 0. The van der Waals surface area contributed by atoms with Crippen LogP contribution in [0.15, 0.2) is 53.5 Å². The minimum atomic E-state index is -0.0287. The van der Waals surface area contributed by atoms with Crippen LogP contribution in [0.1, 0.15) is 30.0 Å². The van der Waals surface area contributed by atoms with Gasteiger partial charge in [0.05, 0.1) is 17.8 Å². The summed E-state index contributed by atoms with van der Waals surface area (Å²) in [6.07, 6.45) is 4.49. The van der Waals surface area contributed by atoms with E-state index in [-0.39, 0.29) is 5.91 Å². The highest BCUT2D eigenvalue weighted by Crippen LogP contribution is 2.25. The highest BCUT2D eigenvalue weighted by molar-refractivity contribution is 6.07. The van der Waals surface area contributed by atoms with Crippen molar-refractivity contribution in [2.75, 3.05) is 18.5 Å². The lowest BCUT2D eigenvalue weighted by Gasteiger charge is -2.13. The maximum absolute atomic E-state index is 11.8. The Hall–Kier alpha value is -2.88. The molecular weight excluding hydrogens is 300 g/mol. The molecule has 1 N–H and O–H groups in total. The van der Waals surface area contributed by atoms with E-state index in [2.05, 4.69) is 10.3 Å². The maximum Gasteiger partial charge on any atom is 0.224 e. The van der Waals surface area contributed by atoms with Gasteiger partial charge < -0.3 is 10.1 Å². The third-order valence-corrected chi connectivity index (χ3v) is 3.75. The molecular formula is C20H20N2O2. The first-order valence-corrected chi connectivity index (χ1v) is 8.11. The third kappa shape index (κ3) is 3.71. The second-order valence-corrected chi connectivity index (χ2v) is 5.45. The Balaban J connectivity index is 2.00. The van der Waals surface area contributed by atoms with E-state index in [1.807, 2.05) is 67.6 Å². The van der Waals surface area contributed by atoms with Crippen molar-refractivity contribution >= 4 is 29.6 Å². The molecule has 0 saturated carbocycles. The fourth-order valence-corrected chi connectivity index (χ4v) is 2.53. The van der Waals surface area contributed by atoms with Gasteiger partial charge in [-0.25, -0.2) is 4.99 Å². The molecule has 3 rings (SSSR count). The van der Waals surface area contributed by atoms with Crippen molar-refractivity contribution in [3.05, 3.63) is 65.2 Å². The minimum absolute atomic E-state index is 0.0287. The second-order valence-electron chi connectivity index (χ2n) is 5.45. The summed E-state index contributed by atoms with van der Waals surface area (Å²) in [4.78, 5) is 16.3. The van der Waals surface area contributed by atoms with Crippen LogP contribution in [-0.2, 0) is 9.53 Å². The number of hydrogen-bond donors (Lipinski definition) is 1. The molecule has 1 aliphatic rings. The standard InChI is InChI=1S/C20H20N2O2/c1-2-18(23)22-17-10-6-9-16(19(17)20-21-13-14-24-20)12-11-15-7-4-3-5-8-15/h3-12H,2,13-14H2,1H3,(H,22,23)/b12-11+. The van der Waals surface area contributed by atoms with Crippen molar-refractivity contribution in [3.63, 3.8) is 0 Å². The smallest absolute Gasteiger partial charge is 0.224 e. The average Bonchev–Trinajstić information content (AvgIpc) is 3.15. The van der Waals surface area contributed by atoms with Gasteiger partial charge in [-0.15, -0.1) is 0 Å². The molecule has 0 spiro atoms. The lowest BCUT2D eigenvalue weighted by molar-refractivity contribution is -0.115. The summed E-state index contributed by atoms with van der Waals surface area (Å²) in [5, 5.41) is 2.94. The summed E-state index contributed by atoms with van der Waals surface area (Å²) < 4.78 is 5.65. The molecule has 1 heterocycles. The van der Waals surface area contributed by atoms with E-state index < -0.39 is 0 Å². The number of benzene rings is 2. The molecule has 24 heavy (non-hydrogen) atoms. The lowest BCUT2D eigenvalue weighted by atomic mass is 10.0. The molecule has 0 aromatic heterocycles. The Morgan fingerprint density at radius 3 is 2.71 bits per heavy atom. The summed E-state index contributed by atoms with van der Waals surface area (Å²) in [7, 11) is 0. The van der Waals surface area contributed by atoms with E-state index in [4.69, 9.17) is 4.74 Å². The van der Waals surface area contributed by atoms with E-state index in [9.17, 15) is 4.79 Å². The van der Waals surface area contributed by atoms with Gasteiger partial charge in [-0.3, -0.25) is 4.79 Å². The van der Waals surface area contributed by atoms with E-state index in [0.29, 0.717) is 25.5 Å². The Kier molecular flexibility index (Phi) is 5.06. The van der Waals surface area contributed by atoms with Gasteiger partial charge in [0.15, 0.2) is 0 Å². The number of ether oxygens (including phenoxy) is 1. The van der Waals surface area contributed by atoms with Gasteiger partial charge in [0.25, 0.3) is 0 Å². The van der Waals surface area contributed by atoms with E-state index in [1.165, 1.54) is 0 Å². The second kappa shape index (κ2) is 7.59. The van der Waals surface area contributed by atoms with Crippen LogP contribution >= 0.6 is 0 Å². The van der Waals surface area contributed by atoms with Crippen molar-refractivity contribution in [3.8, 4) is 0 Å². The zero-order valence-corrected chi connectivity index (χ0v) is 13.7. The Morgan fingerprint density at radius 2 is 2.00 bits per heavy atom. The van der Waals surface area contributed by atoms with Gasteiger partial charge in [-0.05, 0) is 17.2 Å². The van der Waals surface area contributed by atoms with Gasteiger partial charge in [-0.2, -0.15) is 0 Å². The van der Waals surface area contributed by atoms with Crippen LogP contribution in [0.25, 0.3) is 12.2 Å². The van der Waals surface area contributed by atoms with Crippen LogP contribution < -0.4 is 5.32 Å². The molecule has 1 amide bonds. The van der Waals surface area contributed by atoms with E-state index >= 15 is 0 Å². The number of nitrogens with zero attached hydrogens (tertiary/aromatic N) is 1. The largest absolute Gasteiger partial charge is 0.475 e. The first-order chi connectivity index (χ1) is 11.8. The van der Waals surface area contributed by atoms with E-state index in [0.717, 1.165) is 22.4 Å². The highest BCUT2D eigenvalue weighted by atomic mass is 16.5. The molecule has 2 aromatic carbocycles. The van der Waals surface area contributed by atoms with E-state index in [1.54, 1.807) is 0 Å². The molecule has 0 atom stereocenters. The topological polar surface area (TPSA) is 50.7 Å². The van der Waals surface area contributed by atoms with Crippen molar-refractivity contribution in [2.45, 2.75) is 13.3 Å². The molecule has 0 fully saturated rings. The van der Waals surface area contributed by atoms with Crippen LogP contribution in [0.4, 0.5) is 5.69 Å². The predicted molar refractivity (Wildman–Crippen MR) is 98.1 cm³/mol. The van der Waals surface area contributed by atoms with Gasteiger partial charge in [0.1, 0.15) is 6.61 Å².